The summed E-state index contributed by atoms with van der Waals surface area (Å²) >= 11 is 0. The second-order valence-corrected chi connectivity index (χ2v) is 4.94. The summed E-state index contributed by atoms with van der Waals surface area (Å²) in [6.45, 7) is 2.02. The molecule has 0 heterocycles. The van der Waals surface area contributed by atoms with E-state index in [4.69, 9.17) is 9.47 Å². The number of aryl methyl sites for hydroxylation is 1. The number of methoxy groups -OCH3 is 1. The van der Waals surface area contributed by atoms with Crippen LogP contribution in [-0.2, 0) is 9.53 Å². The van der Waals surface area contributed by atoms with E-state index in [1.807, 2.05) is 19.1 Å². The summed E-state index contributed by atoms with van der Waals surface area (Å²) < 4.78 is 10.1. The standard InChI is InChI=1S/C18H19NO4/c1-13-11-15(20)6-9-17(13)19-18(21)10-5-14-3-7-16(8-4-14)23-12-22-2/h3-11,20H,12H2,1-2H3,(H,19,21)/b10-5+. The van der Waals surface area contributed by atoms with E-state index in [1.54, 1.807) is 37.5 Å². The van der Waals surface area contributed by atoms with Gasteiger partial charge in [0.1, 0.15) is 11.5 Å². The van der Waals surface area contributed by atoms with Crippen molar-refractivity contribution in [2.24, 2.45) is 0 Å². The lowest BCUT2D eigenvalue weighted by Gasteiger charge is -2.06. The Morgan fingerprint density at radius 2 is 1.96 bits per heavy atom. The zero-order chi connectivity index (χ0) is 16.7. The van der Waals surface area contributed by atoms with Crippen molar-refractivity contribution in [1.82, 2.24) is 0 Å². The van der Waals surface area contributed by atoms with E-state index in [0.717, 1.165) is 11.1 Å². The summed E-state index contributed by atoms with van der Waals surface area (Å²) in [5.74, 6) is 0.637. The zero-order valence-electron chi connectivity index (χ0n) is 13.1. The Hall–Kier alpha value is -2.79. The summed E-state index contributed by atoms with van der Waals surface area (Å²) in [4.78, 5) is 11.9. The lowest BCUT2D eigenvalue weighted by Crippen LogP contribution is -2.08. The highest BCUT2D eigenvalue weighted by Crippen LogP contribution is 2.20. The van der Waals surface area contributed by atoms with Crippen LogP contribution in [0.3, 0.4) is 0 Å². The molecule has 120 valence electrons. The molecule has 0 aromatic heterocycles. The van der Waals surface area contributed by atoms with Crippen LogP contribution in [0.5, 0.6) is 11.5 Å². The van der Waals surface area contributed by atoms with Gasteiger partial charge in [-0.1, -0.05) is 12.1 Å². The van der Waals surface area contributed by atoms with Gasteiger partial charge in [0.15, 0.2) is 6.79 Å². The molecule has 2 rings (SSSR count). The Bertz CT molecular complexity index is 693. The molecular weight excluding hydrogens is 294 g/mol. The zero-order valence-corrected chi connectivity index (χ0v) is 13.1. The third kappa shape index (κ3) is 5.16. The summed E-state index contributed by atoms with van der Waals surface area (Å²) in [5.41, 5.74) is 2.35. The Labute approximate surface area is 135 Å². The van der Waals surface area contributed by atoms with Crippen LogP contribution >= 0.6 is 0 Å². The molecule has 23 heavy (non-hydrogen) atoms. The molecule has 1 amide bonds. The number of benzene rings is 2. The molecule has 2 aromatic carbocycles. The van der Waals surface area contributed by atoms with Gasteiger partial charge >= 0.3 is 0 Å². The molecule has 0 atom stereocenters. The van der Waals surface area contributed by atoms with Gasteiger partial charge in [0.05, 0.1) is 0 Å². The lowest BCUT2D eigenvalue weighted by molar-refractivity contribution is -0.111. The molecule has 0 spiro atoms. The van der Waals surface area contributed by atoms with E-state index in [1.165, 1.54) is 12.1 Å². The van der Waals surface area contributed by atoms with Crippen LogP contribution in [0.4, 0.5) is 5.69 Å². The third-order valence-corrected chi connectivity index (χ3v) is 3.12. The predicted octanol–water partition coefficient (Wildman–Crippen LogP) is 3.34. The van der Waals surface area contributed by atoms with Gasteiger partial charge in [-0.2, -0.15) is 0 Å². The Morgan fingerprint density at radius 3 is 2.61 bits per heavy atom. The van der Waals surface area contributed by atoms with Gasteiger partial charge in [0, 0.05) is 18.9 Å². The van der Waals surface area contributed by atoms with Crippen LogP contribution in [0.25, 0.3) is 6.08 Å². The van der Waals surface area contributed by atoms with Crippen molar-refractivity contribution >= 4 is 17.7 Å². The molecular formula is C18H19NO4. The maximum absolute atomic E-state index is 11.9. The number of ether oxygens (including phenoxy) is 2. The van der Waals surface area contributed by atoms with Crippen molar-refractivity contribution in [1.29, 1.82) is 0 Å². The molecule has 0 aliphatic rings. The van der Waals surface area contributed by atoms with Crippen molar-refractivity contribution in [3.8, 4) is 11.5 Å². The summed E-state index contributed by atoms with van der Waals surface area (Å²) in [6.07, 6.45) is 3.17. The number of anilines is 1. The number of aromatic hydroxyl groups is 1. The van der Waals surface area contributed by atoms with E-state index >= 15 is 0 Å². The minimum atomic E-state index is -0.238. The second kappa shape index (κ2) is 8.00. The third-order valence-electron chi connectivity index (χ3n) is 3.12. The highest BCUT2D eigenvalue weighted by Gasteiger charge is 2.02. The number of phenolic OH excluding ortho intramolecular Hbond substituents is 1. The molecule has 0 saturated carbocycles. The van der Waals surface area contributed by atoms with Crippen molar-refractivity contribution < 1.29 is 19.4 Å². The molecule has 0 aliphatic carbocycles. The summed E-state index contributed by atoms with van der Waals surface area (Å²) in [6, 6.07) is 12.1. The van der Waals surface area contributed by atoms with Gasteiger partial charge in [-0.3, -0.25) is 4.79 Å². The van der Waals surface area contributed by atoms with Crippen LogP contribution in [-0.4, -0.2) is 24.9 Å². The maximum Gasteiger partial charge on any atom is 0.248 e. The molecule has 0 radical (unpaired) electrons. The lowest BCUT2D eigenvalue weighted by atomic mass is 10.2. The Morgan fingerprint density at radius 1 is 1.22 bits per heavy atom. The first-order valence-electron chi connectivity index (χ1n) is 7.09. The number of hydrogen-bond acceptors (Lipinski definition) is 4. The normalized spacial score (nSPS) is 10.7. The van der Waals surface area contributed by atoms with E-state index < -0.39 is 0 Å². The van der Waals surface area contributed by atoms with E-state index in [2.05, 4.69) is 5.32 Å². The first-order chi connectivity index (χ1) is 11.1. The number of phenols is 1. The number of amides is 1. The molecule has 0 fully saturated rings. The summed E-state index contributed by atoms with van der Waals surface area (Å²) in [7, 11) is 1.56. The minimum absolute atomic E-state index is 0.173. The van der Waals surface area contributed by atoms with Crippen LogP contribution in [0.15, 0.2) is 48.5 Å². The largest absolute Gasteiger partial charge is 0.508 e. The molecule has 2 N–H and O–H groups in total. The van der Waals surface area contributed by atoms with E-state index in [9.17, 15) is 9.90 Å². The molecule has 0 aliphatic heterocycles. The smallest absolute Gasteiger partial charge is 0.248 e. The van der Waals surface area contributed by atoms with Gasteiger partial charge < -0.3 is 19.9 Å². The van der Waals surface area contributed by atoms with Crippen LogP contribution in [0.2, 0.25) is 0 Å². The number of hydrogen-bond donors (Lipinski definition) is 2. The minimum Gasteiger partial charge on any atom is -0.508 e. The molecule has 5 nitrogen and oxygen atoms in total. The van der Waals surface area contributed by atoms with Crippen LogP contribution in [0.1, 0.15) is 11.1 Å². The Kier molecular flexibility index (Phi) is 5.77. The van der Waals surface area contributed by atoms with Gasteiger partial charge in [0.2, 0.25) is 5.91 Å². The fraction of sp³-hybridized carbons (Fsp3) is 0.167. The van der Waals surface area contributed by atoms with E-state index in [0.29, 0.717) is 11.4 Å². The van der Waals surface area contributed by atoms with Crippen molar-refractivity contribution in [2.45, 2.75) is 6.92 Å². The van der Waals surface area contributed by atoms with Gasteiger partial charge in [-0.15, -0.1) is 0 Å². The van der Waals surface area contributed by atoms with Crippen molar-refractivity contribution in [3.63, 3.8) is 0 Å². The fourth-order valence-electron chi connectivity index (χ4n) is 1.94. The number of carbonyl (C=O) groups excluding carboxylic acids is 1. The monoisotopic (exact) mass is 313 g/mol. The molecule has 0 bridgehead atoms. The maximum atomic E-state index is 11.9. The first kappa shape index (κ1) is 16.6. The number of nitrogens with one attached hydrogen (secondary N) is 1. The Balaban J connectivity index is 1.95. The van der Waals surface area contributed by atoms with Crippen LogP contribution in [0, 0.1) is 6.92 Å². The van der Waals surface area contributed by atoms with Gasteiger partial charge in [-0.05, 0) is 54.5 Å². The fourth-order valence-corrected chi connectivity index (χ4v) is 1.94. The number of carbonyl (C=O) groups is 1. The molecule has 2 aromatic rings. The van der Waals surface area contributed by atoms with E-state index in [-0.39, 0.29) is 18.4 Å². The second-order valence-electron chi connectivity index (χ2n) is 4.94. The molecule has 0 unspecified atom stereocenters. The average molecular weight is 313 g/mol. The van der Waals surface area contributed by atoms with Crippen LogP contribution < -0.4 is 10.1 Å². The highest BCUT2D eigenvalue weighted by molar-refractivity contribution is 6.02. The van der Waals surface area contributed by atoms with Gasteiger partial charge in [0.25, 0.3) is 0 Å². The highest BCUT2D eigenvalue weighted by atomic mass is 16.7. The number of rotatable bonds is 6. The van der Waals surface area contributed by atoms with Crippen molar-refractivity contribution in [3.05, 3.63) is 59.7 Å². The predicted molar refractivity (Wildman–Crippen MR) is 89.5 cm³/mol. The topological polar surface area (TPSA) is 67.8 Å². The summed E-state index contributed by atoms with van der Waals surface area (Å²) in [5, 5.41) is 12.1. The molecule has 5 heteroatoms. The first-order valence-corrected chi connectivity index (χ1v) is 7.09. The molecule has 0 saturated heterocycles. The average Bonchev–Trinajstić information content (AvgIpc) is 2.54. The van der Waals surface area contributed by atoms with Gasteiger partial charge in [-0.25, -0.2) is 0 Å². The van der Waals surface area contributed by atoms with Crippen molar-refractivity contribution in [2.75, 3.05) is 19.2 Å². The SMILES string of the molecule is COCOc1ccc(/C=C/C(=O)Nc2ccc(O)cc2C)cc1. The quantitative estimate of drug-likeness (QED) is 0.487.